The van der Waals surface area contributed by atoms with Crippen LogP contribution in [0.1, 0.15) is 52.4 Å². The Labute approximate surface area is 109 Å². The Kier molecular flexibility index (Phi) is 2.21. The molecular formula is C16H24O2. The largest absolute Gasteiger partial charge is 0.462 e. The van der Waals surface area contributed by atoms with E-state index >= 15 is 0 Å². The summed E-state index contributed by atoms with van der Waals surface area (Å²) in [7, 11) is 0. The molecule has 0 saturated heterocycles. The third-order valence-electron chi connectivity index (χ3n) is 6.83. The lowest BCUT2D eigenvalue weighted by atomic mass is 9.89. The lowest BCUT2D eigenvalue weighted by molar-refractivity contribution is -0.159. The minimum absolute atomic E-state index is 0.0263. The van der Waals surface area contributed by atoms with Gasteiger partial charge in [0.25, 0.3) is 0 Å². The van der Waals surface area contributed by atoms with Crippen LogP contribution in [0.2, 0.25) is 0 Å². The van der Waals surface area contributed by atoms with E-state index in [-0.39, 0.29) is 17.5 Å². The van der Waals surface area contributed by atoms with Gasteiger partial charge in [0.05, 0.1) is 5.41 Å². The first-order valence-corrected chi connectivity index (χ1v) is 7.88. The van der Waals surface area contributed by atoms with E-state index in [4.69, 9.17) is 4.74 Å². The Hall–Kier alpha value is -0.530. The van der Waals surface area contributed by atoms with Crippen molar-refractivity contribution in [2.45, 2.75) is 58.5 Å². The van der Waals surface area contributed by atoms with Crippen molar-refractivity contribution in [3.8, 4) is 0 Å². The van der Waals surface area contributed by atoms with E-state index in [1.807, 2.05) is 0 Å². The second kappa shape index (κ2) is 3.52. The Morgan fingerprint density at radius 2 is 1.89 bits per heavy atom. The molecule has 0 aromatic carbocycles. The SMILES string of the molecule is CC1C2CC3C1C3(C(=O)OC1CCCCC1)C2C. The molecule has 18 heavy (non-hydrogen) atoms. The van der Waals surface area contributed by atoms with Gasteiger partial charge in [-0.05, 0) is 61.7 Å². The Balaban J connectivity index is 1.50. The molecule has 6 unspecified atom stereocenters. The predicted octanol–water partition coefficient (Wildman–Crippen LogP) is 3.40. The standard InChI is InChI=1S/C16H24O2/c1-9-12-8-13-14(9)16(13,10(12)2)15(17)18-11-6-4-3-5-7-11/h9-14H,3-8H2,1-2H3. The monoisotopic (exact) mass is 248 g/mol. The van der Waals surface area contributed by atoms with E-state index in [2.05, 4.69) is 13.8 Å². The summed E-state index contributed by atoms with van der Waals surface area (Å²) in [5, 5.41) is 0. The van der Waals surface area contributed by atoms with E-state index in [1.54, 1.807) is 0 Å². The fraction of sp³-hybridized carbons (Fsp3) is 0.938. The maximum absolute atomic E-state index is 12.6. The summed E-state index contributed by atoms with van der Waals surface area (Å²) in [5.74, 6) is 3.70. The molecule has 0 aromatic rings. The zero-order valence-electron chi connectivity index (χ0n) is 11.5. The smallest absolute Gasteiger partial charge is 0.313 e. The van der Waals surface area contributed by atoms with Crippen LogP contribution in [-0.2, 0) is 9.53 Å². The fourth-order valence-electron chi connectivity index (χ4n) is 5.99. The van der Waals surface area contributed by atoms with Crippen LogP contribution in [0.3, 0.4) is 0 Å². The molecule has 2 heteroatoms. The number of carbonyl (C=O) groups is 1. The van der Waals surface area contributed by atoms with Crippen LogP contribution in [0.4, 0.5) is 0 Å². The number of esters is 1. The summed E-state index contributed by atoms with van der Waals surface area (Å²) >= 11 is 0. The molecule has 0 amide bonds. The number of carbonyl (C=O) groups excluding carboxylic acids is 1. The average molecular weight is 248 g/mol. The first-order valence-electron chi connectivity index (χ1n) is 7.88. The van der Waals surface area contributed by atoms with Crippen LogP contribution < -0.4 is 0 Å². The summed E-state index contributed by atoms with van der Waals surface area (Å²) in [6, 6.07) is 0. The summed E-state index contributed by atoms with van der Waals surface area (Å²) in [6.07, 6.45) is 7.54. The maximum atomic E-state index is 12.6. The van der Waals surface area contributed by atoms with Gasteiger partial charge >= 0.3 is 5.97 Å². The van der Waals surface area contributed by atoms with Gasteiger partial charge in [0.2, 0.25) is 0 Å². The molecule has 0 aromatic heterocycles. The molecule has 6 atom stereocenters. The van der Waals surface area contributed by atoms with Crippen molar-refractivity contribution in [1.29, 1.82) is 0 Å². The molecular weight excluding hydrogens is 224 g/mol. The van der Waals surface area contributed by atoms with Gasteiger partial charge in [-0.25, -0.2) is 0 Å². The van der Waals surface area contributed by atoms with Crippen molar-refractivity contribution in [2.75, 3.05) is 0 Å². The lowest BCUT2D eigenvalue weighted by Crippen LogP contribution is -2.30. The molecule has 2 nitrogen and oxygen atoms in total. The van der Waals surface area contributed by atoms with Gasteiger partial charge < -0.3 is 4.74 Å². The first kappa shape index (κ1) is 11.3. The Morgan fingerprint density at radius 3 is 2.39 bits per heavy atom. The molecule has 100 valence electrons. The highest BCUT2D eigenvalue weighted by Gasteiger charge is 2.84. The number of hydrogen-bond donors (Lipinski definition) is 0. The zero-order chi connectivity index (χ0) is 12.5. The van der Waals surface area contributed by atoms with Crippen LogP contribution in [0.5, 0.6) is 0 Å². The second-order valence-electron chi connectivity index (χ2n) is 7.28. The molecule has 0 spiro atoms. The van der Waals surface area contributed by atoms with E-state index < -0.39 is 0 Å². The van der Waals surface area contributed by atoms with Crippen LogP contribution in [0.25, 0.3) is 0 Å². The minimum atomic E-state index is -0.0263. The third-order valence-corrected chi connectivity index (χ3v) is 6.83. The highest BCUT2D eigenvalue weighted by molar-refractivity contribution is 5.84. The zero-order valence-corrected chi connectivity index (χ0v) is 11.5. The van der Waals surface area contributed by atoms with E-state index in [1.165, 1.54) is 25.7 Å². The molecule has 5 aliphatic carbocycles. The normalized spacial score (nSPS) is 53.6. The van der Waals surface area contributed by atoms with Gasteiger partial charge in [-0.1, -0.05) is 20.3 Å². The average Bonchev–Trinajstić information content (AvgIpc) is 2.67. The Morgan fingerprint density at radius 1 is 1.17 bits per heavy atom. The van der Waals surface area contributed by atoms with Gasteiger partial charge in [-0.15, -0.1) is 0 Å². The van der Waals surface area contributed by atoms with Crippen LogP contribution in [0.15, 0.2) is 0 Å². The number of rotatable bonds is 2. The molecule has 0 heterocycles. The first-order chi connectivity index (χ1) is 8.67. The van der Waals surface area contributed by atoms with Crippen molar-refractivity contribution in [3.05, 3.63) is 0 Å². The highest BCUT2D eigenvalue weighted by atomic mass is 16.5. The molecule has 0 radical (unpaired) electrons. The van der Waals surface area contributed by atoms with Gasteiger partial charge in [0, 0.05) is 0 Å². The van der Waals surface area contributed by atoms with Crippen molar-refractivity contribution in [2.24, 2.45) is 35.0 Å². The fourth-order valence-corrected chi connectivity index (χ4v) is 5.99. The number of hydrogen-bond acceptors (Lipinski definition) is 2. The number of ether oxygens (including phenoxy) is 1. The maximum Gasteiger partial charge on any atom is 0.313 e. The van der Waals surface area contributed by atoms with E-state index in [0.29, 0.717) is 17.8 Å². The van der Waals surface area contributed by atoms with Gasteiger partial charge in [0.1, 0.15) is 6.10 Å². The lowest BCUT2D eigenvalue weighted by Gasteiger charge is -2.25. The van der Waals surface area contributed by atoms with E-state index in [9.17, 15) is 4.79 Å². The molecule has 0 N–H and O–H groups in total. The van der Waals surface area contributed by atoms with Crippen molar-refractivity contribution in [3.63, 3.8) is 0 Å². The predicted molar refractivity (Wildman–Crippen MR) is 68.8 cm³/mol. The molecule has 5 aliphatic rings. The van der Waals surface area contributed by atoms with Crippen LogP contribution >= 0.6 is 0 Å². The Bertz CT molecular complexity index is 381. The minimum Gasteiger partial charge on any atom is -0.462 e. The van der Waals surface area contributed by atoms with Crippen LogP contribution in [-0.4, -0.2) is 12.1 Å². The van der Waals surface area contributed by atoms with Gasteiger partial charge in [-0.2, -0.15) is 0 Å². The van der Waals surface area contributed by atoms with Gasteiger partial charge in [0.15, 0.2) is 0 Å². The van der Waals surface area contributed by atoms with Crippen molar-refractivity contribution >= 4 is 5.97 Å². The molecule has 5 fully saturated rings. The van der Waals surface area contributed by atoms with Gasteiger partial charge in [-0.3, -0.25) is 4.79 Å². The summed E-state index contributed by atoms with van der Waals surface area (Å²) < 4.78 is 5.90. The topological polar surface area (TPSA) is 26.3 Å². The molecule has 4 bridgehead atoms. The summed E-state index contributed by atoms with van der Waals surface area (Å²) in [6.45, 7) is 4.66. The third kappa shape index (κ3) is 1.13. The molecule has 0 aliphatic heterocycles. The second-order valence-corrected chi connectivity index (χ2v) is 7.28. The highest BCUT2D eigenvalue weighted by Crippen LogP contribution is 2.83. The van der Waals surface area contributed by atoms with Crippen molar-refractivity contribution in [1.82, 2.24) is 0 Å². The summed E-state index contributed by atoms with van der Waals surface area (Å²) in [5.41, 5.74) is -0.0263. The summed E-state index contributed by atoms with van der Waals surface area (Å²) in [4.78, 5) is 12.6. The molecule has 5 saturated carbocycles. The van der Waals surface area contributed by atoms with Crippen molar-refractivity contribution < 1.29 is 9.53 Å². The van der Waals surface area contributed by atoms with Crippen LogP contribution in [0, 0.1) is 35.0 Å². The van der Waals surface area contributed by atoms with E-state index in [0.717, 1.165) is 24.7 Å². The quantitative estimate of drug-likeness (QED) is 0.700. The molecule has 5 rings (SSSR count).